The first kappa shape index (κ1) is 16.0. The molecule has 1 atom stereocenters. The van der Waals surface area contributed by atoms with E-state index in [9.17, 15) is 4.79 Å². The Bertz CT molecular complexity index is 859. The van der Waals surface area contributed by atoms with Crippen LogP contribution in [0.4, 0.5) is 0 Å². The Morgan fingerprint density at radius 3 is 2.80 bits per heavy atom. The van der Waals surface area contributed by atoms with Gasteiger partial charge in [-0.3, -0.25) is 4.79 Å². The zero-order valence-corrected chi connectivity index (χ0v) is 14.5. The quantitative estimate of drug-likeness (QED) is 0.782. The Hall–Kier alpha value is -2.51. The topological polar surface area (TPSA) is 77.0 Å². The minimum Gasteiger partial charge on any atom is -0.332 e. The monoisotopic (exact) mass is 353 g/mol. The van der Waals surface area contributed by atoms with Gasteiger partial charge in [-0.15, -0.1) is 16.4 Å². The molecule has 0 spiro atoms. The lowest BCUT2D eigenvalue weighted by Gasteiger charge is -2.21. The van der Waals surface area contributed by atoms with E-state index in [0.717, 1.165) is 30.0 Å². The summed E-state index contributed by atoms with van der Waals surface area (Å²) in [4.78, 5) is 20.3. The van der Waals surface area contributed by atoms with E-state index in [2.05, 4.69) is 10.1 Å². The summed E-state index contributed by atoms with van der Waals surface area (Å²) < 4.78 is 1.74. The molecule has 3 heterocycles. The second-order valence-electron chi connectivity index (χ2n) is 6.01. The van der Waals surface area contributed by atoms with Gasteiger partial charge in [-0.2, -0.15) is 0 Å². The number of likely N-dealkylation sites (tertiary alicyclic amines) is 1. The first-order valence-corrected chi connectivity index (χ1v) is 9.23. The highest BCUT2D eigenvalue weighted by molar-refractivity contribution is 7.13. The number of para-hydroxylation sites is 1. The van der Waals surface area contributed by atoms with Crippen LogP contribution in [0.5, 0.6) is 0 Å². The van der Waals surface area contributed by atoms with Gasteiger partial charge in [-0.1, -0.05) is 24.3 Å². The predicted octanol–water partition coefficient (Wildman–Crippen LogP) is 2.56. The van der Waals surface area contributed by atoms with Crippen LogP contribution in [0, 0.1) is 0 Å². The summed E-state index contributed by atoms with van der Waals surface area (Å²) in [6.07, 6.45) is 1.92. The maximum atomic E-state index is 12.9. The van der Waals surface area contributed by atoms with Gasteiger partial charge in [0, 0.05) is 19.1 Å². The zero-order valence-electron chi connectivity index (χ0n) is 13.7. The van der Waals surface area contributed by atoms with Crippen molar-refractivity contribution in [2.24, 2.45) is 5.73 Å². The molecule has 1 aliphatic rings. The number of hydrogen-bond acceptors (Lipinski definition) is 5. The lowest BCUT2D eigenvalue weighted by Crippen LogP contribution is -2.40. The van der Waals surface area contributed by atoms with Crippen LogP contribution >= 0.6 is 11.3 Å². The van der Waals surface area contributed by atoms with E-state index in [1.807, 2.05) is 52.7 Å². The van der Waals surface area contributed by atoms with Crippen LogP contribution in [0.15, 0.2) is 47.8 Å². The Morgan fingerprint density at radius 1 is 1.24 bits per heavy atom. The molecule has 3 aromatic rings. The van der Waals surface area contributed by atoms with Crippen molar-refractivity contribution in [2.45, 2.75) is 18.9 Å². The van der Waals surface area contributed by atoms with E-state index in [-0.39, 0.29) is 17.8 Å². The number of rotatable bonds is 4. The van der Waals surface area contributed by atoms with E-state index in [4.69, 9.17) is 5.73 Å². The normalized spacial score (nSPS) is 17.2. The third kappa shape index (κ3) is 2.96. The molecule has 4 rings (SSSR count). The number of aromatic nitrogens is 3. The summed E-state index contributed by atoms with van der Waals surface area (Å²) in [6, 6.07) is 13.8. The lowest BCUT2D eigenvalue weighted by molar-refractivity contribution is 0.0729. The van der Waals surface area contributed by atoms with Crippen LogP contribution in [-0.2, 0) is 0 Å². The lowest BCUT2D eigenvalue weighted by atomic mass is 10.2. The Kier molecular flexibility index (Phi) is 4.33. The Balaban J connectivity index is 1.76. The molecular formula is C18H19N5OS. The van der Waals surface area contributed by atoms with Crippen LogP contribution in [-0.4, -0.2) is 44.7 Å². The van der Waals surface area contributed by atoms with Crippen LogP contribution in [0.3, 0.4) is 0 Å². The van der Waals surface area contributed by atoms with Crippen molar-refractivity contribution in [3.8, 4) is 16.4 Å². The number of thiophene rings is 1. The summed E-state index contributed by atoms with van der Waals surface area (Å²) in [6.45, 7) is 1.19. The highest BCUT2D eigenvalue weighted by Gasteiger charge is 2.31. The molecule has 0 aliphatic carbocycles. The molecule has 1 saturated heterocycles. The van der Waals surface area contributed by atoms with E-state index in [1.54, 1.807) is 16.0 Å². The number of carbonyl (C=O) groups excluding carboxylic acids is 1. The minimum absolute atomic E-state index is 0.0846. The molecule has 1 aromatic carbocycles. The van der Waals surface area contributed by atoms with Gasteiger partial charge in [-0.05, 0) is 36.4 Å². The highest BCUT2D eigenvalue weighted by atomic mass is 32.1. The molecule has 2 aromatic heterocycles. The maximum Gasteiger partial charge on any atom is 0.293 e. The van der Waals surface area contributed by atoms with Crippen molar-refractivity contribution in [3.63, 3.8) is 0 Å². The SMILES string of the molecule is NCC1CCCN1C(=O)c1nc(-c2cccs2)n(-c2ccccc2)n1. The molecule has 6 nitrogen and oxygen atoms in total. The Morgan fingerprint density at radius 2 is 2.08 bits per heavy atom. The average molecular weight is 353 g/mol. The van der Waals surface area contributed by atoms with Crippen LogP contribution < -0.4 is 5.73 Å². The fraction of sp³-hybridized carbons (Fsp3) is 0.278. The van der Waals surface area contributed by atoms with Gasteiger partial charge in [0.15, 0.2) is 5.82 Å². The van der Waals surface area contributed by atoms with Crippen molar-refractivity contribution in [2.75, 3.05) is 13.1 Å². The number of benzene rings is 1. The Labute approximate surface area is 149 Å². The standard InChI is InChI=1S/C18H19N5OS/c19-12-14-8-4-10-22(14)18(24)16-20-17(15-9-5-11-25-15)23(21-16)13-6-2-1-3-7-13/h1-3,5-7,9,11,14H,4,8,10,12,19H2. The van der Waals surface area contributed by atoms with Crippen LogP contribution in [0.2, 0.25) is 0 Å². The number of carbonyl (C=O) groups is 1. The van der Waals surface area contributed by atoms with Crippen molar-refractivity contribution in [3.05, 3.63) is 53.7 Å². The molecule has 25 heavy (non-hydrogen) atoms. The molecule has 1 fully saturated rings. The van der Waals surface area contributed by atoms with E-state index in [1.165, 1.54) is 0 Å². The van der Waals surface area contributed by atoms with Crippen LogP contribution in [0.25, 0.3) is 16.4 Å². The first-order valence-electron chi connectivity index (χ1n) is 8.35. The largest absolute Gasteiger partial charge is 0.332 e. The van der Waals surface area contributed by atoms with E-state index >= 15 is 0 Å². The van der Waals surface area contributed by atoms with Gasteiger partial charge in [0.1, 0.15) is 0 Å². The van der Waals surface area contributed by atoms with Crippen molar-refractivity contribution >= 4 is 17.2 Å². The van der Waals surface area contributed by atoms with E-state index < -0.39 is 0 Å². The van der Waals surface area contributed by atoms with Gasteiger partial charge >= 0.3 is 0 Å². The summed E-state index contributed by atoms with van der Waals surface area (Å²) in [7, 11) is 0. The molecule has 0 radical (unpaired) electrons. The third-order valence-corrected chi connectivity index (χ3v) is 5.32. The van der Waals surface area contributed by atoms with Gasteiger partial charge < -0.3 is 10.6 Å². The molecule has 1 aliphatic heterocycles. The third-order valence-electron chi connectivity index (χ3n) is 4.45. The van der Waals surface area contributed by atoms with Crippen molar-refractivity contribution in [1.29, 1.82) is 0 Å². The van der Waals surface area contributed by atoms with Gasteiger partial charge in [0.25, 0.3) is 5.91 Å². The summed E-state index contributed by atoms with van der Waals surface area (Å²) in [5, 5.41) is 6.52. The number of hydrogen-bond donors (Lipinski definition) is 1. The fourth-order valence-corrected chi connectivity index (χ4v) is 3.89. The number of nitrogens with two attached hydrogens (primary N) is 1. The van der Waals surface area contributed by atoms with E-state index in [0.29, 0.717) is 12.4 Å². The first-order chi connectivity index (χ1) is 12.3. The number of nitrogens with zero attached hydrogens (tertiary/aromatic N) is 4. The number of amides is 1. The van der Waals surface area contributed by atoms with Gasteiger partial charge in [-0.25, -0.2) is 9.67 Å². The highest BCUT2D eigenvalue weighted by Crippen LogP contribution is 2.26. The van der Waals surface area contributed by atoms with Gasteiger partial charge in [0.05, 0.1) is 10.6 Å². The van der Waals surface area contributed by atoms with Gasteiger partial charge in [0.2, 0.25) is 5.82 Å². The molecule has 7 heteroatoms. The van der Waals surface area contributed by atoms with Crippen molar-refractivity contribution in [1.82, 2.24) is 19.7 Å². The molecular weight excluding hydrogens is 334 g/mol. The van der Waals surface area contributed by atoms with Crippen LogP contribution in [0.1, 0.15) is 23.5 Å². The van der Waals surface area contributed by atoms with Crippen molar-refractivity contribution < 1.29 is 4.79 Å². The molecule has 0 saturated carbocycles. The molecule has 1 unspecified atom stereocenters. The molecule has 1 amide bonds. The predicted molar refractivity (Wildman–Crippen MR) is 97.8 cm³/mol. The summed E-state index contributed by atoms with van der Waals surface area (Å²) >= 11 is 1.58. The zero-order chi connectivity index (χ0) is 17.2. The molecule has 128 valence electrons. The summed E-state index contributed by atoms with van der Waals surface area (Å²) in [5.74, 6) is 0.779. The smallest absolute Gasteiger partial charge is 0.293 e. The average Bonchev–Trinajstić information content (AvgIpc) is 3.41. The molecule has 0 bridgehead atoms. The fourth-order valence-electron chi connectivity index (χ4n) is 3.19. The molecule has 2 N–H and O–H groups in total. The maximum absolute atomic E-state index is 12.9. The summed E-state index contributed by atoms with van der Waals surface area (Å²) in [5.41, 5.74) is 6.69. The second kappa shape index (κ2) is 6.78. The second-order valence-corrected chi connectivity index (χ2v) is 6.96. The minimum atomic E-state index is -0.138.